The molecule has 0 amide bonds. The van der Waals surface area contributed by atoms with Gasteiger partial charge in [0.05, 0.1) is 18.7 Å². The molecular weight excluding hydrogens is 250 g/mol. The van der Waals surface area contributed by atoms with E-state index in [0.717, 1.165) is 17.5 Å². The fourth-order valence-electron chi connectivity index (χ4n) is 2.08. The van der Waals surface area contributed by atoms with Gasteiger partial charge in [-0.25, -0.2) is 0 Å². The van der Waals surface area contributed by atoms with E-state index in [1.54, 1.807) is 14.2 Å². The maximum Gasteiger partial charge on any atom is 0.183 e. The largest absolute Gasteiger partial charge is 0.496 e. The molecule has 18 heavy (non-hydrogen) atoms. The van der Waals surface area contributed by atoms with E-state index in [1.807, 2.05) is 26.8 Å². The third-order valence-electron chi connectivity index (χ3n) is 3.18. The number of hydrogen-bond donors (Lipinski definition) is 1. The number of carbonyl (C=O) groups excluding carboxylic acids is 1. The van der Waals surface area contributed by atoms with E-state index in [9.17, 15) is 4.79 Å². The highest BCUT2D eigenvalue weighted by Gasteiger charge is 2.24. The first-order valence-corrected chi connectivity index (χ1v) is 6.40. The van der Waals surface area contributed by atoms with E-state index >= 15 is 0 Å². The average Bonchev–Trinajstić information content (AvgIpc) is 2.36. The smallest absolute Gasteiger partial charge is 0.183 e. The Morgan fingerprint density at radius 3 is 2.56 bits per heavy atom. The molecule has 0 fully saturated rings. The molecule has 1 rings (SSSR count). The summed E-state index contributed by atoms with van der Waals surface area (Å²) in [5, 5.41) is 3.64. The van der Waals surface area contributed by atoms with Gasteiger partial charge in [0.25, 0.3) is 0 Å². The molecule has 0 saturated heterocycles. The van der Waals surface area contributed by atoms with Crippen molar-refractivity contribution in [2.75, 3.05) is 14.2 Å². The van der Waals surface area contributed by atoms with Crippen LogP contribution in [0.3, 0.4) is 0 Å². The minimum absolute atomic E-state index is 0.0243. The second-order valence-corrected chi connectivity index (χ2v) is 4.70. The summed E-state index contributed by atoms with van der Waals surface area (Å²) in [6, 6.07) is 1.60. The van der Waals surface area contributed by atoms with Crippen LogP contribution in [0.4, 0.5) is 0 Å². The summed E-state index contributed by atoms with van der Waals surface area (Å²) < 4.78 is 5.32. The van der Waals surface area contributed by atoms with Gasteiger partial charge < -0.3 is 10.1 Å². The molecule has 1 atom stereocenters. The maximum atomic E-state index is 12.5. The van der Waals surface area contributed by atoms with Gasteiger partial charge in [-0.15, -0.1) is 0 Å². The van der Waals surface area contributed by atoms with Crippen LogP contribution in [-0.2, 0) is 0 Å². The van der Waals surface area contributed by atoms with Crippen molar-refractivity contribution in [1.82, 2.24) is 5.32 Å². The van der Waals surface area contributed by atoms with Crippen LogP contribution in [-0.4, -0.2) is 26.0 Å². The number of carbonyl (C=O) groups is 1. The van der Waals surface area contributed by atoms with Crippen LogP contribution in [0.5, 0.6) is 5.75 Å². The van der Waals surface area contributed by atoms with E-state index in [-0.39, 0.29) is 11.8 Å². The van der Waals surface area contributed by atoms with Crippen LogP contribution in [0, 0.1) is 13.8 Å². The second-order valence-electron chi connectivity index (χ2n) is 4.32. The zero-order valence-electron chi connectivity index (χ0n) is 11.6. The average molecular weight is 270 g/mol. The lowest BCUT2D eigenvalue weighted by atomic mass is 9.95. The molecule has 0 aromatic heterocycles. The Kier molecular flexibility index (Phi) is 5.17. The minimum Gasteiger partial charge on any atom is -0.496 e. The van der Waals surface area contributed by atoms with Crippen molar-refractivity contribution < 1.29 is 9.53 Å². The molecule has 1 unspecified atom stereocenters. The number of likely N-dealkylation sites (N-methyl/N-ethyl adjacent to an activating group) is 1. The molecule has 0 spiro atoms. The van der Waals surface area contributed by atoms with Gasteiger partial charge >= 0.3 is 0 Å². The lowest BCUT2D eigenvalue weighted by Crippen LogP contribution is -2.34. The Balaban J connectivity index is 3.39. The van der Waals surface area contributed by atoms with Crippen LogP contribution < -0.4 is 10.1 Å². The van der Waals surface area contributed by atoms with E-state index in [1.165, 1.54) is 0 Å². The van der Waals surface area contributed by atoms with Gasteiger partial charge in [-0.05, 0) is 44.5 Å². The van der Waals surface area contributed by atoms with Gasteiger partial charge in [0.15, 0.2) is 5.78 Å². The summed E-state index contributed by atoms with van der Waals surface area (Å²) in [6.07, 6.45) is 0.726. The third kappa shape index (κ3) is 2.68. The van der Waals surface area contributed by atoms with Gasteiger partial charge in [0, 0.05) is 5.02 Å². The fraction of sp³-hybridized carbons (Fsp3) is 0.500. The number of ketones is 1. The molecule has 0 radical (unpaired) electrons. The predicted octanol–water partition coefficient (Wildman–Crippen LogP) is 3.15. The molecule has 0 aliphatic rings. The SMILES string of the molecule is CCC(NC)C(=O)c1c(OC)cc(C)c(Cl)c1C. The van der Waals surface area contributed by atoms with Gasteiger partial charge in [-0.1, -0.05) is 18.5 Å². The van der Waals surface area contributed by atoms with Crippen LogP contribution in [0.15, 0.2) is 6.07 Å². The first-order chi connectivity index (χ1) is 8.47. The number of halogens is 1. The number of aryl methyl sites for hydroxylation is 1. The molecule has 0 bridgehead atoms. The lowest BCUT2D eigenvalue weighted by Gasteiger charge is -2.18. The van der Waals surface area contributed by atoms with E-state index < -0.39 is 0 Å². The molecule has 1 N–H and O–H groups in total. The number of nitrogens with one attached hydrogen (secondary N) is 1. The zero-order chi connectivity index (χ0) is 13.9. The lowest BCUT2D eigenvalue weighted by molar-refractivity contribution is 0.0941. The van der Waals surface area contributed by atoms with Crippen molar-refractivity contribution in [2.45, 2.75) is 33.2 Å². The normalized spacial score (nSPS) is 12.3. The summed E-state index contributed by atoms with van der Waals surface area (Å²) in [6.45, 7) is 5.73. The minimum atomic E-state index is -0.212. The summed E-state index contributed by atoms with van der Waals surface area (Å²) in [4.78, 5) is 12.5. The highest BCUT2D eigenvalue weighted by Crippen LogP contribution is 2.32. The summed E-state index contributed by atoms with van der Waals surface area (Å²) in [5.41, 5.74) is 2.28. The van der Waals surface area contributed by atoms with Crippen molar-refractivity contribution in [3.05, 3.63) is 27.8 Å². The summed E-state index contributed by atoms with van der Waals surface area (Å²) in [7, 11) is 3.35. The number of methoxy groups -OCH3 is 1. The molecule has 4 heteroatoms. The molecule has 0 aliphatic carbocycles. The maximum absolute atomic E-state index is 12.5. The number of Topliss-reactive ketones (excluding diaryl/α,β-unsaturated/α-hetero) is 1. The van der Waals surface area contributed by atoms with E-state index in [0.29, 0.717) is 16.3 Å². The molecule has 1 aromatic carbocycles. The van der Waals surface area contributed by atoms with Gasteiger partial charge in [-0.3, -0.25) is 4.79 Å². The van der Waals surface area contributed by atoms with Crippen LogP contribution >= 0.6 is 11.6 Å². The van der Waals surface area contributed by atoms with Crippen molar-refractivity contribution >= 4 is 17.4 Å². The quantitative estimate of drug-likeness (QED) is 0.835. The Hall–Kier alpha value is -1.06. The Morgan fingerprint density at radius 1 is 1.50 bits per heavy atom. The monoisotopic (exact) mass is 269 g/mol. The standard InChI is InChI=1S/C14H20ClNO2/c1-6-10(16-4)14(17)12-9(3)13(15)8(2)7-11(12)18-5/h7,10,16H,6H2,1-5H3. The topological polar surface area (TPSA) is 38.3 Å². The molecule has 100 valence electrons. The first kappa shape index (κ1) is 15.0. The van der Waals surface area contributed by atoms with Crippen molar-refractivity contribution in [3.63, 3.8) is 0 Å². The third-order valence-corrected chi connectivity index (χ3v) is 3.77. The van der Waals surface area contributed by atoms with E-state index in [4.69, 9.17) is 16.3 Å². The summed E-state index contributed by atoms with van der Waals surface area (Å²) >= 11 is 6.22. The Morgan fingerprint density at radius 2 is 2.11 bits per heavy atom. The van der Waals surface area contributed by atoms with Gasteiger partial charge in [0.1, 0.15) is 5.75 Å². The first-order valence-electron chi connectivity index (χ1n) is 6.03. The molecular formula is C14H20ClNO2. The van der Waals surface area contributed by atoms with Crippen LogP contribution in [0.2, 0.25) is 5.02 Å². The van der Waals surface area contributed by atoms with Crippen molar-refractivity contribution in [3.8, 4) is 5.75 Å². The molecule has 0 heterocycles. The van der Waals surface area contributed by atoms with Crippen molar-refractivity contribution in [1.29, 1.82) is 0 Å². The Labute approximate surface area is 113 Å². The molecule has 0 saturated carbocycles. The molecule has 1 aromatic rings. The molecule has 3 nitrogen and oxygen atoms in total. The molecule has 0 aliphatic heterocycles. The van der Waals surface area contributed by atoms with Crippen LogP contribution in [0.1, 0.15) is 34.8 Å². The Bertz CT molecular complexity index is 454. The number of ether oxygens (including phenoxy) is 1. The number of rotatable bonds is 5. The summed E-state index contributed by atoms with van der Waals surface area (Å²) in [5.74, 6) is 0.615. The highest BCUT2D eigenvalue weighted by molar-refractivity contribution is 6.32. The van der Waals surface area contributed by atoms with Crippen molar-refractivity contribution in [2.24, 2.45) is 0 Å². The second kappa shape index (κ2) is 6.21. The predicted molar refractivity (Wildman–Crippen MR) is 74.9 cm³/mol. The number of benzene rings is 1. The highest BCUT2D eigenvalue weighted by atomic mass is 35.5. The zero-order valence-corrected chi connectivity index (χ0v) is 12.3. The van der Waals surface area contributed by atoms with E-state index in [2.05, 4.69) is 5.32 Å². The van der Waals surface area contributed by atoms with Gasteiger partial charge in [0.2, 0.25) is 0 Å². The number of hydrogen-bond acceptors (Lipinski definition) is 3. The fourth-order valence-corrected chi connectivity index (χ4v) is 2.23. The van der Waals surface area contributed by atoms with Gasteiger partial charge in [-0.2, -0.15) is 0 Å². The van der Waals surface area contributed by atoms with Crippen LogP contribution in [0.25, 0.3) is 0 Å².